The molecule has 0 heterocycles. The summed E-state index contributed by atoms with van der Waals surface area (Å²) in [6.45, 7) is 12.0. The molecule has 4 aliphatic carbocycles. The molecule has 4 aliphatic rings. The highest BCUT2D eigenvalue weighted by Gasteiger charge is 2.60. The third kappa shape index (κ3) is 2.81. The molecule has 1 N–H and O–H groups in total. The summed E-state index contributed by atoms with van der Waals surface area (Å²) in [6.07, 6.45) is 11.8. The van der Waals surface area contributed by atoms with Crippen LogP contribution in [0.4, 0.5) is 0 Å². The minimum Gasteiger partial charge on any atom is -0.393 e. The average molecular weight is 360 g/mol. The van der Waals surface area contributed by atoms with Gasteiger partial charge in [-0.25, -0.2) is 0 Å². The van der Waals surface area contributed by atoms with E-state index in [1.807, 2.05) is 0 Å². The predicted molar refractivity (Wildman–Crippen MR) is 109 cm³/mol. The lowest BCUT2D eigenvalue weighted by molar-refractivity contribution is -0.123. The van der Waals surface area contributed by atoms with Crippen LogP contribution in [0, 0.1) is 40.4 Å². The lowest BCUT2D eigenvalue weighted by atomic mass is 9.44. The van der Waals surface area contributed by atoms with Crippen LogP contribution in [0.25, 0.3) is 0 Å². The monoisotopic (exact) mass is 359 g/mol. The fourth-order valence-corrected chi connectivity index (χ4v) is 8.42. The highest BCUT2D eigenvalue weighted by molar-refractivity contribution is 5.85. The van der Waals surface area contributed by atoms with Crippen LogP contribution >= 0.6 is 0 Å². The van der Waals surface area contributed by atoms with E-state index in [4.69, 9.17) is 4.99 Å². The molecular weight excluding hydrogens is 318 g/mol. The highest BCUT2D eigenvalue weighted by atomic mass is 16.3. The van der Waals surface area contributed by atoms with Crippen molar-refractivity contribution in [3.8, 4) is 0 Å². The van der Waals surface area contributed by atoms with E-state index in [0.717, 1.165) is 42.4 Å². The standard InChI is InChI=1S/C24H41NO/c1-15(2)25-16(3)20-8-9-21-19-7-6-17-14-18(26)10-12-23(17,4)22(19)11-13-24(20,21)5/h15,17-22,26H,6-14H2,1-5H3/b25-16+/t17-,18+,19+,20-,21+,22+,23+,24-/m1/s1. The largest absolute Gasteiger partial charge is 0.393 e. The Morgan fingerprint density at radius 2 is 1.62 bits per heavy atom. The summed E-state index contributed by atoms with van der Waals surface area (Å²) in [5, 5.41) is 10.2. The summed E-state index contributed by atoms with van der Waals surface area (Å²) in [5.74, 6) is 4.25. The second kappa shape index (κ2) is 6.61. The second-order valence-electron chi connectivity index (χ2n) is 11.1. The van der Waals surface area contributed by atoms with Crippen LogP contribution in [-0.2, 0) is 0 Å². The molecule has 4 fully saturated rings. The fraction of sp³-hybridized carbons (Fsp3) is 0.958. The molecule has 0 saturated heterocycles. The number of aliphatic hydroxyl groups is 1. The van der Waals surface area contributed by atoms with Gasteiger partial charge in [0.15, 0.2) is 0 Å². The molecule has 4 saturated carbocycles. The Hall–Kier alpha value is -0.370. The smallest absolute Gasteiger partial charge is 0.0543 e. The van der Waals surface area contributed by atoms with E-state index >= 15 is 0 Å². The maximum absolute atomic E-state index is 10.2. The van der Waals surface area contributed by atoms with E-state index in [1.54, 1.807) is 0 Å². The molecule has 2 heteroatoms. The van der Waals surface area contributed by atoms with E-state index in [1.165, 1.54) is 50.7 Å². The van der Waals surface area contributed by atoms with Gasteiger partial charge in [0.2, 0.25) is 0 Å². The molecule has 0 radical (unpaired) electrons. The second-order valence-corrected chi connectivity index (χ2v) is 11.1. The molecule has 0 aromatic rings. The van der Waals surface area contributed by atoms with Crippen LogP contribution in [0.1, 0.15) is 92.4 Å². The van der Waals surface area contributed by atoms with E-state index in [-0.39, 0.29) is 6.10 Å². The van der Waals surface area contributed by atoms with Gasteiger partial charge < -0.3 is 5.11 Å². The Bertz CT molecular complexity index is 569. The first-order chi connectivity index (χ1) is 12.3. The van der Waals surface area contributed by atoms with Gasteiger partial charge in [0.05, 0.1) is 6.10 Å². The van der Waals surface area contributed by atoms with Gasteiger partial charge in [0, 0.05) is 17.7 Å². The molecule has 0 bridgehead atoms. The Kier molecular flexibility index (Phi) is 4.82. The van der Waals surface area contributed by atoms with Gasteiger partial charge in [-0.05, 0) is 113 Å². The van der Waals surface area contributed by atoms with Crippen molar-refractivity contribution >= 4 is 5.71 Å². The van der Waals surface area contributed by atoms with Gasteiger partial charge in [0.25, 0.3) is 0 Å². The Morgan fingerprint density at radius 3 is 2.35 bits per heavy atom. The van der Waals surface area contributed by atoms with Crippen molar-refractivity contribution in [1.82, 2.24) is 0 Å². The predicted octanol–water partition coefficient (Wildman–Crippen LogP) is 5.88. The molecule has 0 aromatic carbocycles. The van der Waals surface area contributed by atoms with Crippen molar-refractivity contribution in [2.75, 3.05) is 0 Å². The first-order valence-electron chi connectivity index (χ1n) is 11.5. The quantitative estimate of drug-likeness (QED) is 0.614. The Morgan fingerprint density at radius 1 is 0.923 bits per heavy atom. The zero-order valence-electron chi connectivity index (χ0n) is 17.8. The number of hydrogen-bond acceptors (Lipinski definition) is 2. The summed E-state index contributed by atoms with van der Waals surface area (Å²) in [7, 11) is 0. The lowest BCUT2D eigenvalue weighted by Gasteiger charge is -2.61. The van der Waals surface area contributed by atoms with Crippen LogP contribution < -0.4 is 0 Å². The number of hydrogen-bond donors (Lipinski definition) is 1. The molecule has 2 nitrogen and oxygen atoms in total. The molecule has 26 heavy (non-hydrogen) atoms. The SMILES string of the molecule is C/C(=N\C(C)C)[C@H]1CC[C@H]2[C@@H]3CC[C@@H]4C[C@@H](O)CC[C@]4(C)[C@H]3CC[C@]12C. The van der Waals surface area contributed by atoms with E-state index in [0.29, 0.717) is 16.9 Å². The van der Waals surface area contributed by atoms with Gasteiger partial charge in [-0.3, -0.25) is 4.99 Å². The third-order valence-electron chi connectivity index (χ3n) is 9.60. The van der Waals surface area contributed by atoms with E-state index in [9.17, 15) is 5.11 Å². The Balaban J connectivity index is 1.58. The summed E-state index contributed by atoms with van der Waals surface area (Å²) < 4.78 is 0. The third-order valence-corrected chi connectivity index (χ3v) is 9.60. The van der Waals surface area contributed by atoms with Crippen molar-refractivity contribution < 1.29 is 5.11 Å². The van der Waals surface area contributed by atoms with Crippen LogP contribution in [0.15, 0.2) is 4.99 Å². The summed E-state index contributed by atoms with van der Waals surface area (Å²) in [6, 6.07) is 0.428. The van der Waals surface area contributed by atoms with Gasteiger partial charge in [0.1, 0.15) is 0 Å². The maximum Gasteiger partial charge on any atom is 0.0543 e. The number of aliphatic imine (C=N–C) groups is 1. The maximum atomic E-state index is 10.2. The highest BCUT2D eigenvalue weighted by Crippen LogP contribution is 2.67. The molecule has 0 amide bonds. The van der Waals surface area contributed by atoms with Crippen molar-refractivity contribution in [2.45, 2.75) is 105 Å². The summed E-state index contributed by atoms with van der Waals surface area (Å²) in [4.78, 5) is 4.98. The summed E-state index contributed by atoms with van der Waals surface area (Å²) >= 11 is 0. The van der Waals surface area contributed by atoms with Crippen molar-refractivity contribution in [1.29, 1.82) is 0 Å². The number of fused-ring (bicyclic) bond motifs is 5. The average Bonchev–Trinajstić information content (AvgIpc) is 2.92. The van der Waals surface area contributed by atoms with Crippen LogP contribution in [0.3, 0.4) is 0 Å². The van der Waals surface area contributed by atoms with Crippen molar-refractivity contribution in [3.05, 3.63) is 0 Å². The van der Waals surface area contributed by atoms with Gasteiger partial charge in [-0.2, -0.15) is 0 Å². The number of aliphatic hydroxyl groups excluding tert-OH is 1. The molecule has 0 aromatic heterocycles. The van der Waals surface area contributed by atoms with Gasteiger partial charge in [-0.1, -0.05) is 13.8 Å². The lowest BCUT2D eigenvalue weighted by Crippen LogP contribution is -2.54. The van der Waals surface area contributed by atoms with Crippen molar-refractivity contribution in [3.63, 3.8) is 0 Å². The van der Waals surface area contributed by atoms with Gasteiger partial charge in [-0.15, -0.1) is 0 Å². The zero-order chi connectivity index (χ0) is 18.7. The van der Waals surface area contributed by atoms with Crippen LogP contribution in [0.2, 0.25) is 0 Å². The molecule has 148 valence electrons. The van der Waals surface area contributed by atoms with Crippen molar-refractivity contribution in [2.24, 2.45) is 45.4 Å². The minimum atomic E-state index is -0.0239. The molecular formula is C24H41NO. The molecule has 0 aliphatic heterocycles. The van der Waals surface area contributed by atoms with E-state index < -0.39 is 0 Å². The Labute approximate surface area is 161 Å². The van der Waals surface area contributed by atoms with Gasteiger partial charge >= 0.3 is 0 Å². The fourth-order valence-electron chi connectivity index (χ4n) is 8.42. The van der Waals surface area contributed by atoms with E-state index in [2.05, 4.69) is 34.6 Å². The molecule has 0 unspecified atom stereocenters. The molecule has 0 spiro atoms. The molecule has 8 atom stereocenters. The zero-order valence-corrected chi connectivity index (χ0v) is 17.8. The molecule has 4 rings (SSSR count). The van der Waals surface area contributed by atoms with Crippen LogP contribution in [0.5, 0.6) is 0 Å². The minimum absolute atomic E-state index is 0.0239. The normalized spacial score (nSPS) is 51.7. The number of rotatable bonds is 2. The number of nitrogens with zero attached hydrogens (tertiary/aromatic N) is 1. The topological polar surface area (TPSA) is 32.6 Å². The first-order valence-corrected chi connectivity index (χ1v) is 11.5. The first kappa shape index (κ1) is 19.0. The summed E-state index contributed by atoms with van der Waals surface area (Å²) in [5.41, 5.74) is 2.42. The van der Waals surface area contributed by atoms with Crippen LogP contribution in [-0.4, -0.2) is 23.0 Å².